The van der Waals surface area contributed by atoms with Crippen LogP contribution in [0.2, 0.25) is 5.02 Å². The van der Waals surface area contributed by atoms with Gasteiger partial charge in [-0.25, -0.2) is 4.79 Å². The lowest BCUT2D eigenvalue weighted by Gasteiger charge is -2.20. The van der Waals surface area contributed by atoms with E-state index in [4.69, 9.17) is 17.3 Å². The van der Waals surface area contributed by atoms with Gasteiger partial charge >= 0.3 is 5.69 Å². The maximum absolute atomic E-state index is 12.6. The molecule has 1 amide bonds. The van der Waals surface area contributed by atoms with Crippen molar-refractivity contribution in [2.75, 3.05) is 23.4 Å². The van der Waals surface area contributed by atoms with Gasteiger partial charge < -0.3 is 10.6 Å². The third-order valence-corrected chi connectivity index (χ3v) is 5.53. The van der Waals surface area contributed by atoms with E-state index in [9.17, 15) is 14.4 Å². The second kappa shape index (κ2) is 9.02. The Morgan fingerprint density at radius 3 is 2.45 bits per heavy atom. The van der Waals surface area contributed by atoms with Crippen LogP contribution < -0.4 is 21.9 Å². The van der Waals surface area contributed by atoms with Gasteiger partial charge in [0.1, 0.15) is 5.82 Å². The minimum atomic E-state index is -0.704. The number of H-pyrrole nitrogens is 1. The van der Waals surface area contributed by atoms with Crippen molar-refractivity contribution in [3.63, 3.8) is 0 Å². The van der Waals surface area contributed by atoms with Crippen LogP contribution in [0.15, 0.2) is 69.1 Å². The molecule has 9 heteroatoms. The van der Waals surface area contributed by atoms with E-state index in [-0.39, 0.29) is 29.7 Å². The summed E-state index contributed by atoms with van der Waals surface area (Å²) in [4.78, 5) is 41.5. The monoisotopic (exact) mass is 430 g/mol. The molecule has 0 aliphatic heterocycles. The standard InChI is InChI=1S/C20H19ClN4O3S/c1-24(16(26)12-29-15-9-7-14(21)8-10-15)17-18(22)25(20(28)23-19(17)27)11-13-5-3-2-4-6-13/h2-10H,11-12,22H2,1H3,(H,23,27,28). The van der Waals surface area contributed by atoms with E-state index >= 15 is 0 Å². The van der Waals surface area contributed by atoms with Crippen molar-refractivity contribution in [2.24, 2.45) is 0 Å². The zero-order valence-electron chi connectivity index (χ0n) is 15.6. The number of nitrogen functional groups attached to an aromatic ring is 1. The van der Waals surface area contributed by atoms with E-state index in [0.29, 0.717) is 5.02 Å². The summed E-state index contributed by atoms with van der Waals surface area (Å²) < 4.78 is 1.24. The molecule has 0 bridgehead atoms. The van der Waals surface area contributed by atoms with Gasteiger partial charge in [0, 0.05) is 17.0 Å². The second-order valence-electron chi connectivity index (χ2n) is 6.26. The highest BCUT2D eigenvalue weighted by Gasteiger charge is 2.21. The number of hydrogen-bond acceptors (Lipinski definition) is 5. The van der Waals surface area contributed by atoms with Crippen LogP contribution in [0.4, 0.5) is 11.5 Å². The number of halogens is 1. The lowest BCUT2D eigenvalue weighted by molar-refractivity contribution is -0.115. The SMILES string of the molecule is CN(C(=O)CSc1ccc(Cl)cc1)c1c(N)n(Cc2ccccc2)c(=O)[nH]c1=O. The van der Waals surface area contributed by atoms with E-state index in [2.05, 4.69) is 4.98 Å². The number of carbonyl (C=O) groups is 1. The van der Waals surface area contributed by atoms with Crippen LogP contribution in [0.25, 0.3) is 0 Å². The molecule has 3 N–H and O–H groups in total. The summed E-state index contributed by atoms with van der Waals surface area (Å²) in [5, 5.41) is 0.609. The van der Waals surface area contributed by atoms with Gasteiger partial charge in [0.2, 0.25) is 5.91 Å². The van der Waals surface area contributed by atoms with Crippen molar-refractivity contribution in [2.45, 2.75) is 11.4 Å². The van der Waals surface area contributed by atoms with Gasteiger partial charge in [-0.15, -0.1) is 11.8 Å². The van der Waals surface area contributed by atoms with Crippen LogP contribution in [0.3, 0.4) is 0 Å². The van der Waals surface area contributed by atoms with Gasteiger partial charge in [-0.05, 0) is 29.8 Å². The first-order valence-corrected chi connectivity index (χ1v) is 10.0. The fraction of sp³-hybridized carbons (Fsp3) is 0.150. The van der Waals surface area contributed by atoms with E-state index in [1.54, 1.807) is 12.1 Å². The van der Waals surface area contributed by atoms with Crippen molar-refractivity contribution in [3.8, 4) is 0 Å². The number of nitrogens with two attached hydrogens (primary N) is 1. The molecular formula is C20H19ClN4O3S. The van der Waals surface area contributed by atoms with Gasteiger partial charge in [0.25, 0.3) is 5.56 Å². The Morgan fingerprint density at radius 2 is 1.79 bits per heavy atom. The van der Waals surface area contributed by atoms with Gasteiger partial charge in [-0.3, -0.25) is 19.1 Å². The lowest BCUT2D eigenvalue weighted by atomic mass is 10.2. The number of aromatic amines is 1. The van der Waals surface area contributed by atoms with Crippen LogP contribution in [-0.2, 0) is 11.3 Å². The molecule has 1 heterocycles. The number of nitrogens with zero attached hydrogens (tertiary/aromatic N) is 2. The summed E-state index contributed by atoms with van der Waals surface area (Å²) in [5.74, 6) is -0.295. The molecule has 0 saturated heterocycles. The molecule has 0 aliphatic rings. The Kier molecular flexibility index (Phi) is 6.46. The Labute approximate surface area is 176 Å². The predicted octanol–water partition coefficient (Wildman–Crippen LogP) is 2.58. The molecule has 3 rings (SSSR count). The van der Waals surface area contributed by atoms with Crippen LogP contribution in [0.5, 0.6) is 0 Å². The largest absolute Gasteiger partial charge is 0.383 e. The summed E-state index contributed by atoms with van der Waals surface area (Å²) in [6.45, 7) is 0.177. The first-order valence-electron chi connectivity index (χ1n) is 8.68. The maximum Gasteiger partial charge on any atom is 0.330 e. The smallest absolute Gasteiger partial charge is 0.330 e. The zero-order chi connectivity index (χ0) is 21.0. The highest BCUT2D eigenvalue weighted by atomic mass is 35.5. The number of anilines is 2. The summed E-state index contributed by atoms with van der Waals surface area (Å²) in [5.41, 5.74) is 5.58. The summed E-state index contributed by atoms with van der Waals surface area (Å²) >= 11 is 7.17. The Hall–Kier alpha value is -2.97. The second-order valence-corrected chi connectivity index (χ2v) is 7.75. The molecule has 2 aromatic carbocycles. The fourth-order valence-electron chi connectivity index (χ4n) is 2.72. The van der Waals surface area contributed by atoms with Crippen LogP contribution >= 0.6 is 23.4 Å². The minimum absolute atomic E-state index is 0.0535. The third kappa shape index (κ3) is 4.90. The van der Waals surface area contributed by atoms with E-state index in [0.717, 1.165) is 10.5 Å². The van der Waals surface area contributed by atoms with Crippen molar-refractivity contribution in [1.29, 1.82) is 0 Å². The topological polar surface area (TPSA) is 101 Å². The molecule has 7 nitrogen and oxygen atoms in total. The molecule has 29 heavy (non-hydrogen) atoms. The zero-order valence-corrected chi connectivity index (χ0v) is 17.2. The number of aromatic nitrogens is 2. The first-order chi connectivity index (χ1) is 13.9. The fourth-order valence-corrected chi connectivity index (χ4v) is 3.66. The quantitative estimate of drug-likeness (QED) is 0.585. The predicted molar refractivity (Wildman–Crippen MR) is 117 cm³/mol. The number of benzene rings is 2. The Morgan fingerprint density at radius 1 is 1.14 bits per heavy atom. The molecular weight excluding hydrogens is 412 g/mol. The summed E-state index contributed by atoms with van der Waals surface area (Å²) in [7, 11) is 1.46. The van der Waals surface area contributed by atoms with Crippen LogP contribution in [0.1, 0.15) is 5.56 Å². The lowest BCUT2D eigenvalue weighted by Crippen LogP contribution is -2.40. The number of thioether (sulfide) groups is 1. The van der Waals surface area contributed by atoms with E-state index in [1.165, 1.54) is 28.3 Å². The van der Waals surface area contributed by atoms with Crippen molar-refractivity contribution < 1.29 is 4.79 Å². The Balaban J connectivity index is 1.83. The molecule has 3 aromatic rings. The maximum atomic E-state index is 12.6. The molecule has 0 radical (unpaired) electrons. The average molecular weight is 431 g/mol. The molecule has 1 aromatic heterocycles. The van der Waals surface area contributed by atoms with Gasteiger partial charge in [0.15, 0.2) is 5.69 Å². The van der Waals surface area contributed by atoms with Gasteiger partial charge in [-0.1, -0.05) is 41.9 Å². The van der Waals surface area contributed by atoms with E-state index in [1.807, 2.05) is 42.5 Å². The van der Waals surface area contributed by atoms with E-state index < -0.39 is 11.2 Å². The van der Waals surface area contributed by atoms with Crippen LogP contribution in [-0.4, -0.2) is 28.3 Å². The molecule has 0 saturated carbocycles. The minimum Gasteiger partial charge on any atom is -0.383 e. The highest BCUT2D eigenvalue weighted by molar-refractivity contribution is 8.00. The third-order valence-electron chi connectivity index (χ3n) is 4.28. The number of carbonyl (C=O) groups excluding carboxylic acids is 1. The molecule has 0 aliphatic carbocycles. The Bertz CT molecular complexity index is 1130. The average Bonchev–Trinajstić information content (AvgIpc) is 2.71. The molecule has 150 valence electrons. The van der Waals surface area contributed by atoms with Crippen molar-refractivity contribution in [3.05, 3.63) is 86.0 Å². The number of nitrogens with one attached hydrogen (secondary N) is 1. The molecule has 0 atom stereocenters. The summed E-state index contributed by atoms with van der Waals surface area (Å²) in [6, 6.07) is 16.3. The highest BCUT2D eigenvalue weighted by Crippen LogP contribution is 2.22. The molecule has 0 unspecified atom stereocenters. The van der Waals surface area contributed by atoms with Gasteiger partial charge in [0.05, 0.1) is 12.3 Å². The normalized spacial score (nSPS) is 10.7. The van der Waals surface area contributed by atoms with Crippen molar-refractivity contribution in [1.82, 2.24) is 9.55 Å². The molecule has 0 spiro atoms. The van der Waals surface area contributed by atoms with Crippen molar-refractivity contribution >= 4 is 40.8 Å². The number of rotatable bonds is 6. The first kappa shape index (κ1) is 20.8. The summed E-state index contributed by atoms with van der Waals surface area (Å²) in [6.07, 6.45) is 0. The molecule has 0 fully saturated rings. The van der Waals surface area contributed by atoms with Crippen LogP contribution in [0, 0.1) is 0 Å². The van der Waals surface area contributed by atoms with Gasteiger partial charge in [-0.2, -0.15) is 0 Å². The number of amides is 1. The number of hydrogen-bond donors (Lipinski definition) is 2.